The van der Waals surface area contributed by atoms with Crippen molar-refractivity contribution in [2.45, 2.75) is 50.6 Å². The van der Waals surface area contributed by atoms with Crippen LogP contribution in [-0.2, 0) is 19.3 Å². The monoisotopic (exact) mass is 303 g/mol. The molecular formula is C17H25N3S. The number of nitrogens with zero attached hydrogens (tertiary/aromatic N) is 2. The van der Waals surface area contributed by atoms with Gasteiger partial charge >= 0.3 is 0 Å². The van der Waals surface area contributed by atoms with Gasteiger partial charge in [0.15, 0.2) is 0 Å². The van der Waals surface area contributed by atoms with Crippen molar-refractivity contribution in [2.75, 3.05) is 0 Å². The highest BCUT2D eigenvalue weighted by atomic mass is 32.2. The van der Waals surface area contributed by atoms with Crippen molar-refractivity contribution < 1.29 is 0 Å². The molecule has 1 N–H and O–H groups in total. The van der Waals surface area contributed by atoms with Crippen LogP contribution in [0.15, 0.2) is 35.4 Å². The summed E-state index contributed by atoms with van der Waals surface area (Å²) in [5, 5.41) is 9.40. The Hall–Kier alpha value is -1.26. The summed E-state index contributed by atoms with van der Waals surface area (Å²) in [5.41, 5.74) is 3.89. The van der Waals surface area contributed by atoms with E-state index in [1.165, 1.54) is 16.2 Å². The summed E-state index contributed by atoms with van der Waals surface area (Å²) >= 11 is 1.86. The molecule has 2 rings (SSSR count). The van der Waals surface area contributed by atoms with Gasteiger partial charge in [-0.05, 0) is 33.3 Å². The standard InChI is InChI=1S/C17H25N3S/c1-13-15(11-18-17(2,3)4)16(20(5)19-13)21-12-14-9-7-6-8-10-14/h6-10,18H,11-12H2,1-5H3. The molecule has 1 aromatic heterocycles. The van der Waals surface area contributed by atoms with Crippen molar-refractivity contribution >= 4 is 11.8 Å². The maximum absolute atomic E-state index is 4.58. The molecule has 4 heteroatoms. The molecule has 0 bridgehead atoms. The van der Waals surface area contributed by atoms with E-state index in [4.69, 9.17) is 0 Å². The van der Waals surface area contributed by atoms with Gasteiger partial charge in [0, 0.05) is 30.4 Å². The summed E-state index contributed by atoms with van der Waals surface area (Å²) < 4.78 is 2.00. The van der Waals surface area contributed by atoms with Crippen molar-refractivity contribution in [2.24, 2.45) is 7.05 Å². The smallest absolute Gasteiger partial charge is 0.0987 e. The topological polar surface area (TPSA) is 29.9 Å². The van der Waals surface area contributed by atoms with E-state index in [-0.39, 0.29) is 5.54 Å². The Bertz CT molecular complexity index is 582. The van der Waals surface area contributed by atoms with Gasteiger partial charge in [0.2, 0.25) is 0 Å². The molecular weight excluding hydrogens is 278 g/mol. The molecule has 0 aliphatic carbocycles. The van der Waals surface area contributed by atoms with Crippen LogP contribution in [0.25, 0.3) is 0 Å². The molecule has 0 saturated heterocycles. The Morgan fingerprint density at radius 1 is 1.19 bits per heavy atom. The minimum atomic E-state index is 0.115. The van der Waals surface area contributed by atoms with E-state index < -0.39 is 0 Å². The largest absolute Gasteiger partial charge is 0.308 e. The number of hydrogen-bond donors (Lipinski definition) is 1. The number of nitrogens with one attached hydrogen (secondary N) is 1. The summed E-state index contributed by atoms with van der Waals surface area (Å²) in [6.45, 7) is 9.52. The minimum absolute atomic E-state index is 0.115. The van der Waals surface area contributed by atoms with E-state index >= 15 is 0 Å². The van der Waals surface area contributed by atoms with Crippen LogP contribution in [0.3, 0.4) is 0 Å². The molecule has 3 nitrogen and oxygen atoms in total. The van der Waals surface area contributed by atoms with Crippen LogP contribution in [0.2, 0.25) is 0 Å². The predicted molar refractivity (Wildman–Crippen MR) is 90.5 cm³/mol. The van der Waals surface area contributed by atoms with Gasteiger partial charge in [-0.25, -0.2) is 0 Å². The van der Waals surface area contributed by atoms with Crippen molar-refractivity contribution in [3.05, 3.63) is 47.2 Å². The normalized spacial score (nSPS) is 11.9. The minimum Gasteiger partial charge on any atom is -0.308 e. The Balaban J connectivity index is 2.11. The Morgan fingerprint density at radius 3 is 2.48 bits per heavy atom. The number of aryl methyl sites for hydroxylation is 2. The second kappa shape index (κ2) is 6.67. The number of aromatic nitrogens is 2. The second-order valence-corrected chi connectivity index (χ2v) is 7.33. The first-order valence-electron chi connectivity index (χ1n) is 7.31. The van der Waals surface area contributed by atoms with Crippen molar-refractivity contribution in [3.63, 3.8) is 0 Å². The first-order chi connectivity index (χ1) is 9.87. The van der Waals surface area contributed by atoms with Gasteiger partial charge in [-0.15, -0.1) is 11.8 Å². The lowest BCUT2D eigenvalue weighted by atomic mass is 10.1. The van der Waals surface area contributed by atoms with E-state index in [1.54, 1.807) is 0 Å². The fraction of sp³-hybridized carbons (Fsp3) is 0.471. The zero-order chi connectivity index (χ0) is 15.5. The number of thioether (sulfide) groups is 1. The molecule has 0 fully saturated rings. The molecule has 0 aliphatic rings. The van der Waals surface area contributed by atoms with Gasteiger partial charge in [0.05, 0.1) is 10.7 Å². The summed E-state index contributed by atoms with van der Waals surface area (Å²) in [6.07, 6.45) is 0. The third-order valence-electron chi connectivity index (χ3n) is 3.30. The number of hydrogen-bond acceptors (Lipinski definition) is 3. The van der Waals surface area contributed by atoms with Crippen LogP contribution in [0.4, 0.5) is 0 Å². The highest BCUT2D eigenvalue weighted by Crippen LogP contribution is 2.28. The van der Waals surface area contributed by atoms with Crippen molar-refractivity contribution in [1.29, 1.82) is 0 Å². The zero-order valence-electron chi connectivity index (χ0n) is 13.6. The third-order valence-corrected chi connectivity index (χ3v) is 4.56. The zero-order valence-corrected chi connectivity index (χ0v) is 14.4. The van der Waals surface area contributed by atoms with Crippen LogP contribution < -0.4 is 5.32 Å². The quantitative estimate of drug-likeness (QED) is 0.849. The summed E-state index contributed by atoms with van der Waals surface area (Å²) in [5.74, 6) is 0.975. The maximum Gasteiger partial charge on any atom is 0.0987 e. The predicted octanol–water partition coefficient (Wildman–Crippen LogP) is 3.91. The van der Waals surface area contributed by atoms with E-state index in [0.717, 1.165) is 18.0 Å². The maximum atomic E-state index is 4.58. The van der Waals surface area contributed by atoms with Crippen LogP contribution in [0.5, 0.6) is 0 Å². The molecule has 21 heavy (non-hydrogen) atoms. The lowest BCUT2D eigenvalue weighted by Gasteiger charge is -2.20. The van der Waals surface area contributed by atoms with Crippen LogP contribution in [0, 0.1) is 6.92 Å². The van der Waals surface area contributed by atoms with Gasteiger partial charge in [0.1, 0.15) is 0 Å². The van der Waals surface area contributed by atoms with E-state index in [1.807, 2.05) is 23.5 Å². The molecule has 2 aromatic rings. The second-order valence-electron chi connectivity index (χ2n) is 6.37. The molecule has 1 heterocycles. The van der Waals surface area contributed by atoms with Crippen LogP contribution >= 0.6 is 11.8 Å². The highest BCUT2D eigenvalue weighted by Gasteiger charge is 2.16. The Labute approximate surface area is 132 Å². The van der Waals surface area contributed by atoms with E-state index in [0.29, 0.717) is 0 Å². The van der Waals surface area contributed by atoms with Gasteiger partial charge < -0.3 is 5.32 Å². The number of benzene rings is 1. The highest BCUT2D eigenvalue weighted by molar-refractivity contribution is 7.98. The molecule has 0 radical (unpaired) electrons. The molecule has 0 aliphatic heterocycles. The molecule has 0 saturated carbocycles. The van der Waals surface area contributed by atoms with Gasteiger partial charge in [-0.3, -0.25) is 4.68 Å². The van der Waals surface area contributed by atoms with Gasteiger partial charge in [-0.1, -0.05) is 30.3 Å². The lowest BCUT2D eigenvalue weighted by molar-refractivity contribution is 0.421. The molecule has 114 valence electrons. The Kier molecular flexibility index (Phi) is 5.12. The molecule has 0 spiro atoms. The van der Waals surface area contributed by atoms with Crippen LogP contribution in [0.1, 0.15) is 37.6 Å². The van der Waals surface area contributed by atoms with Crippen molar-refractivity contribution in [3.8, 4) is 0 Å². The average molecular weight is 303 g/mol. The SMILES string of the molecule is Cc1nn(C)c(SCc2ccccc2)c1CNC(C)(C)C. The fourth-order valence-corrected chi connectivity index (χ4v) is 3.26. The molecule has 0 amide bonds. The molecule has 0 atom stereocenters. The van der Waals surface area contributed by atoms with Crippen LogP contribution in [-0.4, -0.2) is 15.3 Å². The summed E-state index contributed by atoms with van der Waals surface area (Å²) in [6, 6.07) is 10.6. The third kappa shape index (κ3) is 4.61. The lowest BCUT2D eigenvalue weighted by Crippen LogP contribution is -2.35. The Morgan fingerprint density at radius 2 is 1.86 bits per heavy atom. The average Bonchev–Trinajstić information content (AvgIpc) is 2.68. The number of rotatable bonds is 5. The fourth-order valence-electron chi connectivity index (χ4n) is 2.14. The summed E-state index contributed by atoms with van der Waals surface area (Å²) in [7, 11) is 2.03. The van der Waals surface area contributed by atoms with Gasteiger partial charge in [-0.2, -0.15) is 5.10 Å². The molecule has 1 aromatic carbocycles. The van der Waals surface area contributed by atoms with E-state index in [9.17, 15) is 0 Å². The molecule has 0 unspecified atom stereocenters. The van der Waals surface area contributed by atoms with E-state index in [2.05, 4.69) is 68.4 Å². The van der Waals surface area contributed by atoms with Crippen molar-refractivity contribution in [1.82, 2.24) is 15.1 Å². The summed E-state index contributed by atoms with van der Waals surface area (Å²) in [4.78, 5) is 0. The first kappa shape index (κ1) is 16.1. The first-order valence-corrected chi connectivity index (χ1v) is 8.29. The van der Waals surface area contributed by atoms with Gasteiger partial charge in [0.25, 0.3) is 0 Å².